The van der Waals surface area contributed by atoms with E-state index in [0.717, 1.165) is 11.3 Å². The fourth-order valence-corrected chi connectivity index (χ4v) is 4.60. The average Bonchev–Trinajstić information content (AvgIpc) is 3.26. The molecule has 0 N–H and O–H groups in total. The van der Waals surface area contributed by atoms with Crippen LogP contribution in [0.15, 0.2) is 66.9 Å². The summed E-state index contributed by atoms with van der Waals surface area (Å²) in [6.45, 7) is 5.48. The maximum atomic E-state index is 13.7. The van der Waals surface area contributed by atoms with Crippen molar-refractivity contribution in [2.75, 3.05) is 19.6 Å². The molecule has 0 aliphatic carbocycles. The molecule has 7 heteroatoms. The van der Waals surface area contributed by atoms with Gasteiger partial charge < -0.3 is 14.4 Å². The van der Waals surface area contributed by atoms with E-state index in [9.17, 15) is 14.0 Å². The zero-order chi connectivity index (χ0) is 23.5. The molecule has 1 unspecified atom stereocenters. The van der Waals surface area contributed by atoms with Crippen molar-refractivity contribution in [3.63, 3.8) is 0 Å². The van der Waals surface area contributed by atoms with Gasteiger partial charge in [-0.05, 0) is 53.9 Å². The van der Waals surface area contributed by atoms with E-state index in [2.05, 4.69) is 4.57 Å². The molecule has 2 heterocycles. The van der Waals surface area contributed by atoms with Crippen LogP contribution >= 0.6 is 11.6 Å². The third kappa shape index (κ3) is 5.11. The van der Waals surface area contributed by atoms with Gasteiger partial charge in [-0.15, -0.1) is 0 Å². The van der Waals surface area contributed by atoms with E-state index in [1.54, 1.807) is 12.1 Å². The van der Waals surface area contributed by atoms with Crippen LogP contribution in [-0.2, 0) is 11.3 Å². The van der Waals surface area contributed by atoms with Crippen molar-refractivity contribution in [2.45, 2.75) is 26.4 Å². The molecular weight excluding hydrogens is 441 g/mol. The third-order valence-corrected chi connectivity index (χ3v) is 6.03. The Morgan fingerprint density at radius 3 is 2.61 bits per heavy atom. The Labute approximate surface area is 198 Å². The van der Waals surface area contributed by atoms with E-state index in [1.165, 1.54) is 23.1 Å². The Balaban J connectivity index is 1.63. The highest BCUT2D eigenvalue weighted by molar-refractivity contribution is 6.30. The summed E-state index contributed by atoms with van der Waals surface area (Å²) < 4.78 is 15.9. The largest absolute Gasteiger partial charge is 0.348 e. The van der Waals surface area contributed by atoms with Crippen LogP contribution in [0.2, 0.25) is 5.02 Å². The number of hydrogen-bond acceptors (Lipinski definition) is 2. The lowest BCUT2D eigenvalue weighted by molar-refractivity contribution is -0.134. The van der Waals surface area contributed by atoms with Crippen molar-refractivity contribution < 1.29 is 14.0 Å². The Kier molecular flexibility index (Phi) is 6.84. The summed E-state index contributed by atoms with van der Waals surface area (Å²) in [5.74, 6) is -0.832. The van der Waals surface area contributed by atoms with Crippen LogP contribution in [0.5, 0.6) is 0 Å². The van der Waals surface area contributed by atoms with Gasteiger partial charge in [0.2, 0.25) is 5.91 Å². The number of nitrogens with zero attached hydrogens (tertiary/aromatic N) is 3. The molecule has 5 nitrogen and oxygen atoms in total. The number of fused-ring (bicyclic) bond motifs is 1. The summed E-state index contributed by atoms with van der Waals surface area (Å²) in [6.07, 6.45) is 2.01. The second-order valence-corrected chi connectivity index (χ2v) is 9.20. The molecule has 1 aromatic heterocycles. The number of halogens is 2. The standard InChI is InChI=1S/C26H27ClFN3O2/c1-18(2)16-30(26(33)20-7-4-9-22(28)15-20)17-24(32)31-13-12-29-11-5-10-23(29)25(31)19-6-3-8-21(27)14-19/h3-11,14-15,18,25H,12-13,16-17H2,1-2H3. The van der Waals surface area contributed by atoms with Gasteiger partial charge in [-0.25, -0.2) is 4.39 Å². The first-order valence-corrected chi connectivity index (χ1v) is 11.5. The number of carbonyl (C=O) groups excluding carboxylic acids is 2. The Hall–Kier alpha value is -3.12. The van der Waals surface area contributed by atoms with Crippen molar-refractivity contribution in [3.05, 3.63) is 94.5 Å². The van der Waals surface area contributed by atoms with Crippen LogP contribution in [0.25, 0.3) is 0 Å². The number of aromatic nitrogens is 1. The predicted molar refractivity (Wildman–Crippen MR) is 127 cm³/mol. The van der Waals surface area contributed by atoms with Crippen molar-refractivity contribution >= 4 is 23.4 Å². The molecule has 0 spiro atoms. The number of carbonyl (C=O) groups is 2. The summed E-state index contributed by atoms with van der Waals surface area (Å²) in [6, 6.07) is 16.8. The van der Waals surface area contributed by atoms with Crippen LogP contribution in [-0.4, -0.2) is 45.8 Å². The first kappa shape index (κ1) is 23.1. The normalized spacial score (nSPS) is 15.4. The van der Waals surface area contributed by atoms with Crippen LogP contribution in [0.4, 0.5) is 4.39 Å². The van der Waals surface area contributed by atoms with Gasteiger partial charge in [0.1, 0.15) is 12.4 Å². The summed E-state index contributed by atoms with van der Waals surface area (Å²) >= 11 is 6.26. The first-order valence-electron chi connectivity index (χ1n) is 11.1. The Bertz CT molecular complexity index is 1160. The third-order valence-electron chi connectivity index (χ3n) is 5.79. The first-order chi connectivity index (χ1) is 15.8. The maximum Gasteiger partial charge on any atom is 0.254 e. The molecule has 1 aliphatic rings. The zero-order valence-electron chi connectivity index (χ0n) is 18.7. The van der Waals surface area contributed by atoms with Crippen molar-refractivity contribution in [3.8, 4) is 0 Å². The molecule has 3 aromatic rings. The molecular formula is C26H27ClFN3O2. The van der Waals surface area contributed by atoms with Gasteiger partial charge in [-0.2, -0.15) is 0 Å². The Morgan fingerprint density at radius 2 is 1.88 bits per heavy atom. The van der Waals surface area contributed by atoms with E-state index in [4.69, 9.17) is 11.6 Å². The van der Waals surface area contributed by atoms with Gasteiger partial charge in [-0.3, -0.25) is 9.59 Å². The minimum atomic E-state index is -0.477. The van der Waals surface area contributed by atoms with Crippen LogP contribution in [0, 0.1) is 11.7 Å². The van der Waals surface area contributed by atoms with Gasteiger partial charge in [0.05, 0.1) is 6.04 Å². The van der Waals surface area contributed by atoms with E-state index < -0.39 is 5.82 Å². The number of hydrogen-bond donors (Lipinski definition) is 0. The smallest absolute Gasteiger partial charge is 0.254 e. The van der Waals surface area contributed by atoms with Crippen LogP contribution in [0.3, 0.4) is 0 Å². The molecule has 4 rings (SSSR count). The minimum absolute atomic E-state index is 0.0781. The lowest BCUT2D eigenvalue weighted by atomic mass is 9.99. The quantitative estimate of drug-likeness (QED) is 0.511. The molecule has 0 bridgehead atoms. The van der Waals surface area contributed by atoms with Crippen LogP contribution in [0.1, 0.15) is 41.5 Å². The predicted octanol–water partition coefficient (Wildman–Crippen LogP) is 5.01. The zero-order valence-corrected chi connectivity index (χ0v) is 19.5. The molecule has 1 atom stereocenters. The average molecular weight is 468 g/mol. The number of benzene rings is 2. The van der Waals surface area contributed by atoms with Gasteiger partial charge in [-0.1, -0.05) is 43.6 Å². The molecule has 0 radical (unpaired) electrons. The number of rotatable bonds is 6. The second-order valence-electron chi connectivity index (χ2n) is 8.76. The van der Waals surface area contributed by atoms with E-state index in [1.807, 2.05) is 55.3 Å². The molecule has 2 amide bonds. The minimum Gasteiger partial charge on any atom is -0.348 e. The topological polar surface area (TPSA) is 45.6 Å². The highest BCUT2D eigenvalue weighted by Crippen LogP contribution is 2.33. The molecule has 2 aromatic carbocycles. The lowest BCUT2D eigenvalue weighted by Crippen LogP contribution is -2.48. The fraction of sp³-hybridized carbons (Fsp3) is 0.308. The Morgan fingerprint density at radius 1 is 1.09 bits per heavy atom. The lowest BCUT2D eigenvalue weighted by Gasteiger charge is -2.38. The van der Waals surface area contributed by atoms with Crippen molar-refractivity contribution in [2.24, 2.45) is 5.92 Å². The number of amides is 2. The summed E-state index contributed by atoms with van der Waals surface area (Å²) in [5.41, 5.74) is 2.16. The van der Waals surface area contributed by atoms with E-state index >= 15 is 0 Å². The van der Waals surface area contributed by atoms with Gasteiger partial charge in [0, 0.05) is 42.1 Å². The fourth-order valence-electron chi connectivity index (χ4n) is 4.40. The van der Waals surface area contributed by atoms with Gasteiger partial charge in [0.15, 0.2) is 0 Å². The second kappa shape index (κ2) is 9.79. The monoisotopic (exact) mass is 467 g/mol. The molecule has 1 aliphatic heterocycles. The van der Waals surface area contributed by atoms with E-state index in [-0.39, 0.29) is 35.9 Å². The molecule has 33 heavy (non-hydrogen) atoms. The van der Waals surface area contributed by atoms with E-state index in [0.29, 0.717) is 24.7 Å². The van der Waals surface area contributed by atoms with Crippen LogP contribution < -0.4 is 0 Å². The SMILES string of the molecule is CC(C)CN(CC(=O)N1CCn2cccc2C1c1cccc(Cl)c1)C(=O)c1cccc(F)c1. The molecule has 0 fully saturated rings. The summed E-state index contributed by atoms with van der Waals surface area (Å²) in [7, 11) is 0. The molecule has 0 saturated heterocycles. The van der Waals surface area contributed by atoms with Gasteiger partial charge >= 0.3 is 0 Å². The highest BCUT2D eigenvalue weighted by Gasteiger charge is 2.33. The van der Waals surface area contributed by atoms with Crippen molar-refractivity contribution in [1.82, 2.24) is 14.4 Å². The van der Waals surface area contributed by atoms with Crippen molar-refractivity contribution in [1.29, 1.82) is 0 Å². The summed E-state index contributed by atoms with van der Waals surface area (Å²) in [4.78, 5) is 30.1. The molecule has 0 saturated carbocycles. The summed E-state index contributed by atoms with van der Waals surface area (Å²) in [5, 5.41) is 0.603. The maximum absolute atomic E-state index is 13.7. The highest BCUT2D eigenvalue weighted by atomic mass is 35.5. The molecule has 172 valence electrons. The van der Waals surface area contributed by atoms with Gasteiger partial charge in [0.25, 0.3) is 5.91 Å².